The summed E-state index contributed by atoms with van der Waals surface area (Å²) in [6.07, 6.45) is 4.11. The van der Waals surface area contributed by atoms with Crippen molar-refractivity contribution < 1.29 is 9.00 Å². The van der Waals surface area contributed by atoms with Gasteiger partial charge < -0.3 is 10.3 Å². The lowest BCUT2D eigenvalue weighted by Gasteiger charge is -2.15. The predicted molar refractivity (Wildman–Crippen MR) is 103 cm³/mol. The normalized spacial score (nSPS) is 13.2. The maximum absolute atomic E-state index is 12.5. The number of nitrogens with one attached hydrogen (secondary N) is 2. The van der Waals surface area contributed by atoms with Gasteiger partial charge in [-0.3, -0.25) is 9.00 Å². The number of benzene rings is 2. The molecule has 1 amide bonds. The first-order chi connectivity index (χ1) is 12.6. The highest BCUT2D eigenvalue weighted by Crippen LogP contribution is 2.21. The molecule has 0 aliphatic carbocycles. The van der Waals surface area contributed by atoms with E-state index in [1.54, 1.807) is 36.7 Å². The van der Waals surface area contributed by atoms with Crippen LogP contribution < -0.4 is 5.32 Å². The molecule has 134 valence electrons. The molecule has 0 radical (unpaired) electrons. The van der Waals surface area contributed by atoms with E-state index in [1.807, 2.05) is 37.3 Å². The standard InChI is InChI=1S/C20H21N3O2S/c1-3-17(19-21-13-18(22-19)14-7-5-4-6-8-14)23-20(24)15-9-11-16(12-10-15)26(2)25/h4-13,17H,3H2,1-2H3,(H,21,22)(H,23,24). The molecular formula is C20H21N3O2S. The molecule has 0 fully saturated rings. The molecule has 2 N–H and O–H groups in total. The third-order valence-electron chi connectivity index (χ3n) is 4.17. The monoisotopic (exact) mass is 367 g/mol. The fourth-order valence-corrected chi connectivity index (χ4v) is 3.20. The van der Waals surface area contributed by atoms with Gasteiger partial charge in [-0.1, -0.05) is 37.3 Å². The molecule has 3 aromatic rings. The molecule has 5 nitrogen and oxygen atoms in total. The van der Waals surface area contributed by atoms with Crippen molar-refractivity contribution in [2.24, 2.45) is 0 Å². The van der Waals surface area contributed by atoms with Crippen LogP contribution in [0.1, 0.15) is 35.6 Å². The predicted octanol–water partition coefficient (Wildman–Crippen LogP) is 3.70. The van der Waals surface area contributed by atoms with Gasteiger partial charge in [0.2, 0.25) is 0 Å². The minimum absolute atomic E-state index is 0.178. The fourth-order valence-electron chi connectivity index (χ4n) is 2.68. The van der Waals surface area contributed by atoms with Gasteiger partial charge in [-0.15, -0.1) is 0 Å². The lowest BCUT2D eigenvalue weighted by Crippen LogP contribution is -2.28. The zero-order chi connectivity index (χ0) is 18.5. The van der Waals surface area contributed by atoms with Crippen molar-refractivity contribution in [3.63, 3.8) is 0 Å². The van der Waals surface area contributed by atoms with Crippen molar-refractivity contribution in [1.29, 1.82) is 0 Å². The number of aromatic nitrogens is 2. The molecule has 0 bridgehead atoms. The van der Waals surface area contributed by atoms with Gasteiger partial charge in [0.25, 0.3) is 5.91 Å². The quantitative estimate of drug-likeness (QED) is 0.698. The molecule has 6 heteroatoms. The zero-order valence-corrected chi connectivity index (χ0v) is 15.5. The summed E-state index contributed by atoms with van der Waals surface area (Å²) < 4.78 is 11.5. The second-order valence-electron chi connectivity index (χ2n) is 5.96. The minimum Gasteiger partial charge on any atom is -0.342 e. The van der Waals surface area contributed by atoms with Crippen molar-refractivity contribution in [1.82, 2.24) is 15.3 Å². The minimum atomic E-state index is -1.05. The van der Waals surface area contributed by atoms with Crippen molar-refractivity contribution in [2.75, 3.05) is 6.26 Å². The van der Waals surface area contributed by atoms with Crippen molar-refractivity contribution in [2.45, 2.75) is 24.3 Å². The van der Waals surface area contributed by atoms with Crippen LogP contribution in [0.3, 0.4) is 0 Å². The van der Waals surface area contributed by atoms with Crippen LogP contribution in [0.5, 0.6) is 0 Å². The van der Waals surface area contributed by atoms with E-state index in [9.17, 15) is 9.00 Å². The van der Waals surface area contributed by atoms with Crippen molar-refractivity contribution in [3.8, 4) is 11.3 Å². The topological polar surface area (TPSA) is 74.8 Å². The molecule has 3 rings (SSSR count). The smallest absolute Gasteiger partial charge is 0.251 e. The molecule has 1 heterocycles. The fraction of sp³-hybridized carbons (Fsp3) is 0.200. The third-order valence-corrected chi connectivity index (χ3v) is 5.11. The maximum atomic E-state index is 12.5. The first kappa shape index (κ1) is 18.1. The number of hydrogen-bond donors (Lipinski definition) is 2. The lowest BCUT2D eigenvalue weighted by molar-refractivity contribution is 0.0934. The van der Waals surface area contributed by atoms with Gasteiger partial charge in [-0.05, 0) is 36.2 Å². The van der Waals surface area contributed by atoms with Gasteiger partial charge in [0.15, 0.2) is 0 Å². The number of carbonyl (C=O) groups excluding carboxylic acids is 1. The SMILES string of the molecule is CCC(NC(=O)c1ccc(S(C)=O)cc1)c1ncc(-c2ccccc2)[nH]1. The van der Waals surface area contributed by atoms with Gasteiger partial charge >= 0.3 is 0 Å². The summed E-state index contributed by atoms with van der Waals surface area (Å²) in [5.74, 6) is 0.550. The number of hydrogen-bond acceptors (Lipinski definition) is 3. The van der Waals surface area contributed by atoms with Gasteiger partial charge in [-0.25, -0.2) is 4.98 Å². The van der Waals surface area contributed by atoms with Crippen LogP contribution >= 0.6 is 0 Å². The van der Waals surface area contributed by atoms with Crippen molar-refractivity contribution >= 4 is 16.7 Å². The van der Waals surface area contributed by atoms with Gasteiger partial charge in [-0.2, -0.15) is 0 Å². The number of rotatable bonds is 6. The van der Waals surface area contributed by atoms with E-state index >= 15 is 0 Å². The molecule has 0 aliphatic heterocycles. The average Bonchev–Trinajstić information content (AvgIpc) is 3.16. The van der Waals surface area contributed by atoms with Crippen molar-refractivity contribution in [3.05, 3.63) is 72.2 Å². The molecule has 26 heavy (non-hydrogen) atoms. The summed E-state index contributed by atoms with van der Waals surface area (Å²) in [7, 11) is -1.05. The molecule has 0 spiro atoms. The molecule has 2 atom stereocenters. The summed E-state index contributed by atoms with van der Waals surface area (Å²) in [5, 5.41) is 3.00. The number of H-pyrrole nitrogens is 1. The Kier molecular flexibility index (Phi) is 5.63. The van der Waals surface area contributed by atoms with Gasteiger partial charge in [0.1, 0.15) is 5.82 Å². The number of nitrogens with zero attached hydrogens (tertiary/aromatic N) is 1. The van der Waals surface area contributed by atoms with Crippen LogP contribution in [0, 0.1) is 0 Å². The first-order valence-electron chi connectivity index (χ1n) is 8.43. The average molecular weight is 367 g/mol. The summed E-state index contributed by atoms with van der Waals surface area (Å²) in [6.45, 7) is 2.00. The number of amides is 1. The third kappa shape index (κ3) is 4.08. The molecule has 2 unspecified atom stereocenters. The highest BCUT2D eigenvalue weighted by atomic mass is 32.2. The Morgan fingerprint density at radius 3 is 2.46 bits per heavy atom. The lowest BCUT2D eigenvalue weighted by atomic mass is 10.1. The molecule has 1 aromatic heterocycles. The molecule has 0 saturated carbocycles. The van der Waals surface area contributed by atoms with Crippen LogP contribution in [-0.4, -0.2) is 26.3 Å². The second kappa shape index (κ2) is 8.10. The largest absolute Gasteiger partial charge is 0.342 e. The second-order valence-corrected chi connectivity index (χ2v) is 7.34. The van der Waals surface area contributed by atoms with Gasteiger partial charge in [0, 0.05) is 27.5 Å². The number of imidazole rings is 1. The Morgan fingerprint density at radius 1 is 1.15 bits per heavy atom. The van der Waals surface area contributed by atoms with E-state index in [0.717, 1.165) is 17.1 Å². The van der Waals surface area contributed by atoms with E-state index in [-0.39, 0.29) is 11.9 Å². The van der Waals surface area contributed by atoms with E-state index in [0.29, 0.717) is 16.9 Å². The van der Waals surface area contributed by atoms with Crippen LogP contribution in [0.25, 0.3) is 11.3 Å². The van der Waals surface area contributed by atoms with E-state index < -0.39 is 10.8 Å². The summed E-state index contributed by atoms with van der Waals surface area (Å²) in [6, 6.07) is 16.5. The maximum Gasteiger partial charge on any atom is 0.251 e. The number of aromatic amines is 1. The highest BCUT2D eigenvalue weighted by Gasteiger charge is 2.17. The summed E-state index contributed by atoms with van der Waals surface area (Å²) >= 11 is 0. The molecule has 0 saturated heterocycles. The Morgan fingerprint density at radius 2 is 1.85 bits per heavy atom. The first-order valence-corrected chi connectivity index (χ1v) is 9.99. The highest BCUT2D eigenvalue weighted by molar-refractivity contribution is 7.84. The molecular weight excluding hydrogens is 346 g/mol. The molecule has 2 aromatic carbocycles. The van der Waals surface area contributed by atoms with Crippen LogP contribution in [0.15, 0.2) is 65.7 Å². The summed E-state index contributed by atoms with van der Waals surface area (Å²) in [5.41, 5.74) is 2.51. The van der Waals surface area contributed by atoms with Crippen LogP contribution in [0.4, 0.5) is 0 Å². The van der Waals surface area contributed by atoms with E-state index in [1.165, 1.54) is 0 Å². The Hall–Kier alpha value is -2.73. The molecule has 0 aliphatic rings. The summed E-state index contributed by atoms with van der Waals surface area (Å²) in [4.78, 5) is 21.0. The Balaban J connectivity index is 1.74. The van der Waals surface area contributed by atoms with Crippen LogP contribution in [0.2, 0.25) is 0 Å². The Bertz CT molecular complexity index is 904. The van der Waals surface area contributed by atoms with Crippen LogP contribution in [-0.2, 0) is 10.8 Å². The Labute approximate surface area is 155 Å². The van der Waals surface area contributed by atoms with Gasteiger partial charge in [0.05, 0.1) is 17.9 Å². The zero-order valence-electron chi connectivity index (χ0n) is 14.7. The van der Waals surface area contributed by atoms with E-state index in [4.69, 9.17) is 0 Å². The number of carbonyl (C=O) groups is 1. The van der Waals surface area contributed by atoms with E-state index in [2.05, 4.69) is 15.3 Å².